The summed E-state index contributed by atoms with van der Waals surface area (Å²) in [7, 11) is 0. The number of carbonyl (C=O) groups excluding carboxylic acids is 2. The highest BCUT2D eigenvalue weighted by atomic mass is 19.1. The number of pyridine rings is 1. The first-order valence-electron chi connectivity index (χ1n) is 8.88. The quantitative estimate of drug-likeness (QED) is 0.812. The van der Waals surface area contributed by atoms with Crippen molar-refractivity contribution in [1.29, 1.82) is 0 Å². The van der Waals surface area contributed by atoms with Gasteiger partial charge in [0.2, 0.25) is 5.43 Å². The van der Waals surface area contributed by atoms with Gasteiger partial charge in [0, 0.05) is 24.8 Å². The second-order valence-electron chi connectivity index (χ2n) is 6.67. The molecule has 1 fully saturated rings. The number of halogens is 1. The summed E-state index contributed by atoms with van der Waals surface area (Å²) in [6, 6.07) is 5.94. The Hall–Kier alpha value is -3.20. The lowest BCUT2D eigenvalue weighted by atomic mass is 10.1. The Bertz CT molecular complexity index is 1020. The monoisotopic (exact) mass is 387 g/mol. The van der Waals surface area contributed by atoms with Crippen LogP contribution in [0.1, 0.15) is 32.8 Å². The largest absolute Gasteiger partial charge is 0.503 e. The maximum absolute atomic E-state index is 13.7. The van der Waals surface area contributed by atoms with Crippen molar-refractivity contribution in [2.75, 3.05) is 13.2 Å². The Balaban J connectivity index is 1.63. The van der Waals surface area contributed by atoms with Crippen molar-refractivity contribution in [3.8, 4) is 5.75 Å². The maximum atomic E-state index is 13.7. The van der Waals surface area contributed by atoms with Gasteiger partial charge in [-0.2, -0.15) is 0 Å². The molecule has 1 atom stereocenters. The molecule has 0 spiro atoms. The third-order valence-corrected chi connectivity index (χ3v) is 4.92. The average molecular weight is 387 g/mol. The van der Waals surface area contributed by atoms with E-state index in [9.17, 15) is 23.9 Å². The summed E-state index contributed by atoms with van der Waals surface area (Å²) >= 11 is 0. The zero-order chi connectivity index (χ0) is 19.8. The maximum Gasteiger partial charge on any atom is 0.276 e. The van der Waals surface area contributed by atoms with Gasteiger partial charge in [-0.05, 0) is 12.5 Å². The van der Waals surface area contributed by atoms with Gasteiger partial charge < -0.3 is 24.6 Å². The number of ether oxygens (including phenoxy) is 1. The molecule has 1 saturated heterocycles. The number of benzene rings is 1. The first kappa shape index (κ1) is 18.2. The van der Waals surface area contributed by atoms with E-state index in [-0.39, 0.29) is 29.9 Å². The number of carbonyl (C=O) groups is 2. The van der Waals surface area contributed by atoms with Crippen molar-refractivity contribution in [2.45, 2.75) is 25.7 Å². The van der Waals surface area contributed by atoms with Crippen molar-refractivity contribution in [3.05, 3.63) is 63.3 Å². The molecule has 8 nitrogen and oxygen atoms in total. The Morgan fingerprint density at radius 1 is 1.32 bits per heavy atom. The highest BCUT2D eigenvalue weighted by Gasteiger charge is 2.38. The number of aromatic nitrogens is 1. The Labute approximate surface area is 159 Å². The third kappa shape index (κ3) is 3.03. The molecule has 3 heterocycles. The first-order chi connectivity index (χ1) is 13.5. The summed E-state index contributed by atoms with van der Waals surface area (Å²) in [6.45, 7) is 1.06. The van der Waals surface area contributed by atoms with Crippen LogP contribution in [-0.2, 0) is 17.8 Å². The van der Waals surface area contributed by atoms with Gasteiger partial charge in [0.1, 0.15) is 11.4 Å². The minimum absolute atomic E-state index is 0.119. The van der Waals surface area contributed by atoms with Crippen molar-refractivity contribution in [2.24, 2.45) is 0 Å². The molecule has 2 amide bonds. The molecule has 2 aliphatic heterocycles. The molecule has 0 saturated carbocycles. The highest BCUT2D eigenvalue weighted by molar-refractivity contribution is 5.99. The lowest BCUT2D eigenvalue weighted by Crippen LogP contribution is -2.53. The predicted octanol–water partition coefficient (Wildman–Crippen LogP) is 0.825. The van der Waals surface area contributed by atoms with Crippen LogP contribution < -0.4 is 10.7 Å². The van der Waals surface area contributed by atoms with E-state index in [0.717, 1.165) is 0 Å². The van der Waals surface area contributed by atoms with E-state index < -0.39 is 35.0 Å². The summed E-state index contributed by atoms with van der Waals surface area (Å²) in [5.41, 5.74) is -1.16. The zero-order valence-corrected chi connectivity index (χ0v) is 14.9. The molecule has 0 bridgehead atoms. The Morgan fingerprint density at radius 3 is 2.89 bits per heavy atom. The fourth-order valence-corrected chi connectivity index (χ4v) is 3.47. The standard InChI is InChI=1S/C19H18FN3O5/c20-13-5-2-1-4-11(13)8-21-18(26)12-9-22-10-14-23(6-3-7-28-14)19(27)15(22)17(25)16(12)24/h1-2,4-5,9,14,25H,3,6-8,10H2,(H,21,26). The second-order valence-corrected chi connectivity index (χ2v) is 6.67. The molecule has 0 aliphatic carbocycles. The van der Waals surface area contributed by atoms with Gasteiger partial charge in [-0.3, -0.25) is 14.4 Å². The number of rotatable bonds is 3. The molecule has 4 rings (SSSR count). The van der Waals surface area contributed by atoms with Crippen molar-refractivity contribution >= 4 is 11.8 Å². The van der Waals surface area contributed by atoms with Crippen molar-refractivity contribution < 1.29 is 23.8 Å². The molecule has 2 N–H and O–H groups in total. The topological polar surface area (TPSA) is 101 Å². The van der Waals surface area contributed by atoms with E-state index in [1.165, 1.54) is 33.9 Å². The number of fused-ring (bicyclic) bond motifs is 2. The highest BCUT2D eigenvalue weighted by Crippen LogP contribution is 2.26. The van der Waals surface area contributed by atoms with Gasteiger partial charge in [0.05, 0.1) is 13.2 Å². The molecule has 1 aromatic carbocycles. The van der Waals surface area contributed by atoms with Gasteiger partial charge in [0.25, 0.3) is 11.8 Å². The summed E-state index contributed by atoms with van der Waals surface area (Å²) < 4.78 is 20.6. The van der Waals surface area contributed by atoms with E-state index >= 15 is 0 Å². The summed E-state index contributed by atoms with van der Waals surface area (Å²) in [6.07, 6.45) is 1.40. The predicted molar refractivity (Wildman–Crippen MR) is 95.3 cm³/mol. The molecular weight excluding hydrogens is 369 g/mol. The van der Waals surface area contributed by atoms with E-state index in [1.807, 2.05) is 0 Å². The Morgan fingerprint density at radius 2 is 2.11 bits per heavy atom. The van der Waals surface area contributed by atoms with Gasteiger partial charge in [-0.1, -0.05) is 18.2 Å². The minimum Gasteiger partial charge on any atom is -0.503 e. The summed E-state index contributed by atoms with van der Waals surface area (Å²) in [5.74, 6) is -2.53. The van der Waals surface area contributed by atoms with Crippen LogP contribution in [0.4, 0.5) is 4.39 Å². The molecule has 146 valence electrons. The fourth-order valence-electron chi connectivity index (χ4n) is 3.47. The molecule has 1 aromatic heterocycles. The van der Waals surface area contributed by atoms with E-state index in [0.29, 0.717) is 19.6 Å². The van der Waals surface area contributed by atoms with Crippen LogP contribution in [0.5, 0.6) is 5.75 Å². The average Bonchev–Trinajstić information content (AvgIpc) is 2.70. The lowest BCUT2D eigenvalue weighted by Gasteiger charge is -2.40. The fraction of sp³-hybridized carbons (Fsp3) is 0.316. The van der Waals surface area contributed by atoms with Gasteiger partial charge >= 0.3 is 0 Å². The van der Waals surface area contributed by atoms with Crippen LogP contribution >= 0.6 is 0 Å². The normalized spacial score (nSPS) is 18.4. The SMILES string of the molecule is O=C(NCc1ccccc1F)c1cn2c(c(O)c1=O)C(=O)N1CCCOC1C2. The van der Waals surface area contributed by atoms with Crippen LogP contribution in [0.2, 0.25) is 0 Å². The molecular formula is C19H18FN3O5. The number of aromatic hydroxyl groups is 1. The van der Waals surface area contributed by atoms with E-state index in [1.54, 1.807) is 6.07 Å². The molecule has 2 aromatic rings. The van der Waals surface area contributed by atoms with E-state index in [4.69, 9.17) is 4.74 Å². The number of amides is 2. The van der Waals surface area contributed by atoms with Gasteiger partial charge in [-0.15, -0.1) is 0 Å². The van der Waals surface area contributed by atoms with Gasteiger partial charge in [-0.25, -0.2) is 4.39 Å². The van der Waals surface area contributed by atoms with Crippen LogP contribution in [0.15, 0.2) is 35.3 Å². The number of hydrogen-bond donors (Lipinski definition) is 2. The number of hydrogen-bond acceptors (Lipinski definition) is 5. The van der Waals surface area contributed by atoms with Crippen molar-refractivity contribution in [3.63, 3.8) is 0 Å². The van der Waals surface area contributed by atoms with Crippen LogP contribution in [0, 0.1) is 5.82 Å². The molecule has 2 aliphatic rings. The third-order valence-electron chi connectivity index (χ3n) is 4.92. The smallest absolute Gasteiger partial charge is 0.276 e. The molecule has 28 heavy (non-hydrogen) atoms. The lowest BCUT2D eigenvalue weighted by molar-refractivity contribution is -0.0920. The Kier molecular flexibility index (Phi) is 4.60. The zero-order valence-electron chi connectivity index (χ0n) is 14.9. The first-order valence-corrected chi connectivity index (χ1v) is 8.88. The van der Waals surface area contributed by atoms with E-state index in [2.05, 4.69) is 5.32 Å². The van der Waals surface area contributed by atoms with Crippen LogP contribution in [0.3, 0.4) is 0 Å². The molecule has 0 radical (unpaired) electrons. The summed E-state index contributed by atoms with van der Waals surface area (Å²) in [5, 5.41) is 12.8. The molecule has 9 heteroatoms. The second kappa shape index (κ2) is 7.08. The summed E-state index contributed by atoms with van der Waals surface area (Å²) in [4.78, 5) is 39.0. The van der Waals surface area contributed by atoms with Crippen LogP contribution in [0.25, 0.3) is 0 Å². The van der Waals surface area contributed by atoms with Crippen LogP contribution in [-0.4, -0.2) is 45.8 Å². The van der Waals surface area contributed by atoms with Crippen molar-refractivity contribution in [1.82, 2.24) is 14.8 Å². The number of nitrogens with zero attached hydrogens (tertiary/aromatic N) is 2. The minimum atomic E-state index is -0.943. The number of nitrogens with one attached hydrogen (secondary N) is 1. The molecule has 1 unspecified atom stereocenters. The van der Waals surface area contributed by atoms with Gasteiger partial charge in [0.15, 0.2) is 17.7 Å².